The van der Waals surface area contributed by atoms with Crippen molar-refractivity contribution in [2.24, 2.45) is 0 Å². The van der Waals surface area contributed by atoms with Gasteiger partial charge in [-0.3, -0.25) is 4.79 Å². The highest BCUT2D eigenvalue weighted by Gasteiger charge is 2.23. The molecule has 4 rings (SSSR count). The molecule has 0 aliphatic carbocycles. The Morgan fingerprint density at radius 3 is 2.24 bits per heavy atom. The highest BCUT2D eigenvalue weighted by Crippen LogP contribution is 2.25. The number of carbonyl (C=O) groups is 2. The standard InChI is InChI=1S/C18H21N3O2S2/c22-17(20-7-2-15-13(11-20)4-9-24-15)1-6-19-18(23)21-8-3-16-14(12-21)5-10-25-16/h4-5,9-10H,1-3,6-8,11-12H2,(H,19,23). The summed E-state index contributed by atoms with van der Waals surface area (Å²) in [6.07, 6.45) is 2.24. The molecule has 7 heteroatoms. The van der Waals surface area contributed by atoms with Gasteiger partial charge in [-0.1, -0.05) is 0 Å². The van der Waals surface area contributed by atoms with Gasteiger partial charge in [0.15, 0.2) is 0 Å². The van der Waals surface area contributed by atoms with E-state index in [4.69, 9.17) is 0 Å². The maximum Gasteiger partial charge on any atom is 0.317 e. The van der Waals surface area contributed by atoms with E-state index < -0.39 is 0 Å². The molecule has 3 amide bonds. The molecule has 0 spiro atoms. The molecule has 0 radical (unpaired) electrons. The zero-order valence-electron chi connectivity index (χ0n) is 14.0. The van der Waals surface area contributed by atoms with Crippen LogP contribution in [0, 0.1) is 0 Å². The van der Waals surface area contributed by atoms with Gasteiger partial charge in [0.2, 0.25) is 5.91 Å². The molecule has 0 fully saturated rings. The van der Waals surface area contributed by atoms with E-state index in [1.54, 1.807) is 22.7 Å². The van der Waals surface area contributed by atoms with Crippen LogP contribution in [-0.4, -0.2) is 41.4 Å². The molecular formula is C18H21N3O2S2. The number of rotatable bonds is 3. The van der Waals surface area contributed by atoms with Gasteiger partial charge in [0.05, 0.1) is 0 Å². The summed E-state index contributed by atoms with van der Waals surface area (Å²) in [7, 11) is 0. The van der Waals surface area contributed by atoms with Crippen LogP contribution in [-0.2, 0) is 30.7 Å². The summed E-state index contributed by atoms with van der Waals surface area (Å²) in [4.78, 5) is 31.2. The number of nitrogens with one attached hydrogen (secondary N) is 1. The normalized spacial score (nSPS) is 16.3. The third-order valence-electron chi connectivity index (χ3n) is 4.87. The van der Waals surface area contributed by atoms with Gasteiger partial charge in [-0.25, -0.2) is 4.79 Å². The van der Waals surface area contributed by atoms with Crippen LogP contribution in [0.2, 0.25) is 0 Å². The molecule has 1 N–H and O–H groups in total. The van der Waals surface area contributed by atoms with Crippen LogP contribution >= 0.6 is 22.7 Å². The lowest BCUT2D eigenvalue weighted by atomic mass is 10.1. The summed E-state index contributed by atoms with van der Waals surface area (Å²) in [5.41, 5.74) is 2.52. The molecule has 0 bridgehead atoms. The molecule has 0 aromatic carbocycles. The summed E-state index contributed by atoms with van der Waals surface area (Å²) in [5.74, 6) is 0.121. The first kappa shape index (κ1) is 16.6. The van der Waals surface area contributed by atoms with Crippen molar-refractivity contribution in [3.8, 4) is 0 Å². The summed E-state index contributed by atoms with van der Waals surface area (Å²) in [6, 6.07) is 4.14. The molecule has 2 aromatic heterocycles. The van der Waals surface area contributed by atoms with Gasteiger partial charge in [-0.05, 0) is 46.9 Å². The molecule has 2 aliphatic rings. The Morgan fingerprint density at radius 1 is 0.960 bits per heavy atom. The Labute approximate surface area is 155 Å². The summed E-state index contributed by atoms with van der Waals surface area (Å²) in [5, 5.41) is 7.08. The Hall–Kier alpha value is -1.86. The molecule has 0 unspecified atom stereocenters. The number of nitrogens with zero attached hydrogens (tertiary/aromatic N) is 2. The molecule has 4 heterocycles. The minimum Gasteiger partial charge on any atom is -0.338 e. The number of fused-ring (bicyclic) bond motifs is 2. The third-order valence-corrected chi connectivity index (χ3v) is 6.92. The zero-order chi connectivity index (χ0) is 17.2. The fourth-order valence-electron chi connectivity index (χ4n) is 3.43. The molecule has 0 saturated heterocycles. The van der Waals surface area contributed by atoms with Crippen LogP contribution in [0.1, 0.15) is 27.3 Å². The van der Waals surface area contributed by atoms with Gasteiger partial charge in [0, 0.05) is 48.9 Å². The monoisotopic (exact) mass is 375 g/mol. The molecule has 0 saturated carbocycles. The first-order valence-electron chi connectivity index (χ1n) is 8.62. The number of hydrogen-bond donors (Lipinski definition) is 1. The molecule has 0 atom stereocenters. The van der Waals surface area contributed by atoms with Crippen molar-refractivity contribution in [3.05, 3.63) is 43.8 Å². The average Bonchev–Trinajstić information content (AvgIpc) is 3.28. The molecule has 132 valence electrons. The Balaban J connectivity index is 1.23. The molecule has 2 aromatic rings. The highest BCUT2D eigenvalue weighted by atomic mass is 32.1. The lowest BCUT2D eigenvalue weighted by molar-refractivity contribution is -0.131. The Morgan fingerprint density at radius 2 is 1.56 bits per heavy atom. The minimum absolute atomic E-state index is 0.0663. The van der Waals surface area contributed by atoms with Gasteiger partial charge < -0.3 is 15.1 Å². The van der Waals surface area contributed by atoms with Gasteiger partial charge in [0.1, 0.15) is 0 Å². The van der Waals surface area contributed by atoms with E-state index in [9.17, 15) is 9.59 Å². The van der Waals surface area contributed by atoms with E-state index >= 15 is 0 Å². The quantitative estimate of drug-likeness (QED) is 0.897. The van der Waals surface area contributed by atoms with Crippen molar-refractivity contribution in [2.75, 3.05) is 19.6 Å². The van der Waals surface area contributed by atoms with Crippen LogP contribution < -0.4 is 5.32 Å². The lowest BCUT2D eigenvalue weighted by Crippen LogP contribution is -2.44. The van der Waals surface area contributed by atoms with Gasteiger partial charge in [-0.2, -0.15) is 0 Å². The number of urea groups is 1. The van der Waals surface area contributed by atoms with Crippen molar-refractivity contribution < 1.29 is 9.59 Å². The largest absolute Gasteiger partial charge is 0.338 e. The number of hydrogen-bond acceptors (Lipinski definition) is 4. The molecular weight excluding hydrogens is 354 g/mol. The summed E-state index contributed by atoms with van der Waals surface area (Å²) >= 11 is 3.54. The number of amides is 3. The lowest BCUT2D eigenvalue weighted by Gasteiger charge is -2.28. The topological polar surface area (TPSA) is 52.7 Å². The van der Waals surface area contributed by atoms with Crippen molar-refractivity contribution in [3.63, 3.8) is 0 Å². The van der Waals surface area contributed by atoms with E-state index in [0.29, 0.717) is 26.1 Å². The smallest absolute Gasteiger partial charge is 0.317 e. The molecule has 2 aliphatic heterocycles. The average molecular weight is 376 g/mol. The van der Waals surface area contributed by atoms with Crippen molar-refractivity contribution in [1.82, 2.24) is 15.1 Å². The van der Waals surface area contributed by atoms with Crippen LogP contribution in [0.3, 0.4) is 0 Å². The van der Waals surface area contributed by atoms with Crippen molar-refractivity contribution in [2.45, 2.75) is 32.4 Å². The zero-order valence-corrected chi connectivity index (χ0v) is 15.6. The van der Waals surface area contributed by atoms with Crippen molar-refractivity contribution in [1.29, 1.82) is 0 Å². The second kappa shape index (κ2) is 7.17. The predicted molar refractivity (Wildman–Crippen MR) is 99.9 cm³/mol. The second-order valence-corrected chi connectivity index (χ2v) is 8.46. The van der Waals surface area contributed by atoms with Crippen molar-refractivity contribution >= 4 is 34.6 Å². The van der Waals surface area contributed by atoms with Crippen LogP contribution in [0.25, 0.3) is 0 Å². The van der Waals surface area contributed by atoms with Crippen LogP contribution in [0.15, 0.2) is 22.9 Å². The summed E-state index contributed by atoms with van der Waals surface area (Å²) in [6.45, 7) is 3.32. The summed E-state index contributed by atoms with van der Waals surface area (Å²) < 4.78 is 0. The Bertz CT molecular complexity index is 719. The minimum atomic E-state index is -0.0663. The number of carbonyl (C=O) groups excluding carboxylic acids is 2. The fourth-order valence-corrected chi connectivity index (χ4v) is 5.21. The fraction of sp³-hybridized carbons (Fsp3) is 0.444. The molecule has 5 nitrogen and oxygen atoms in total. The van der Waals surface area contributed by atoms with E-state index in [1.165, 1.54) is 20.9 Å². The van der Waals surface area contributed by atoms with E-state index in [2.05, 4.69) is 28.2 Å². The Kier molecular flexibility index (Phi) is 4.76. The third kappa shape index (κ3) is 3.57. The first-order chi connectivity index (χ1) is 12.2. The van der Waals surface area contributed by atoms with E-state index in [-0.39, 0.29) is 11.9 Å². The predicted octanol–water partition coefficient (Wildman–Crippen LogP) is 2.85. The maximum absolute atomic E-state index is 12.4. The number of thiophene rings is 2. The van der Waals surface area contributed by atoms with Gasteiger partial charge >= 0.3 is 6.03 Å². The van der Waals surface area contributed by atoms with E-state index in [0.717, 1.165) is 25.9 Å². The van der Waals surface area contributed by atoms with Crippen LogP contribution in [0.5, 0.6) is 0 Å². The highest BCUT2D eigenvalue weighted by molar-refractivity contribution is 7.10. The van der Waals surface area contributed by atoms with Gasteiger partial charge in [-0.15, -0.1) is 22.7 Å². The first-order valence-corrected chi connectivity index (χ1v) is 10.4. The molecule has 25 heavy (non-hydrogen) atoms. The SMILES string of the molecule is O=C(CCNC(=O)N1CCc2sccc2C1)N1CCc2sccc2C1. The van der Waals surface area contributed by atoms with E-state index in [1.807, 2.05) is 9.80 Å². The van der Waals surface area contributed by atoms with Gasteiger partial charge in [0.25, 0.3) is 0 Å². The maximum atomic E-state index is 12.4. The van der Waals surface area contributed by atoms with Crippen LogP contribution in [0.4, 0.5) is 4.79 Å². The second-order valence-electron chi connectivity index (χ2n) is 6.46.